The van der Waals surface area contributed by atoms with Gasteiger partial charge in [0.05, 0.1) is 10.7 Å². The maximum absolute atomic E-state index is 12.7. The van der Waals surface area contributed by atoms with Gasteiger partial charge in [-0.2, -0.15) is 0 Å². The van der Waals surface area contributed by atoms with Gasteiger partial charge >= 0.3 is 11.9 Å². The van der Waals surface area contributed by atoms with E-state index in [0.717, 1.165) is 47.7 Å². The van der Waals surface area contributed by atoms with Crippen LogP contribution in [0.5, 0.6) is 0 Å². The minimum absolute atomic E-state index is 0.150. The summed E-state index contributed by atoms with van der Waals surface area (Å²) in [7, 11) is 4.09. The number of hydrogen-bond acceptors (Lipinski definition) is 7. The summed E-state index contributed by atoms with van der Waals surface area (Å²) >= 11 is 1.60. The van der Waals surface area contributed by atoms with Crippen LogP contribution in [0, 0.1) is 0 Å². The Morgan fingerprint density at radius 2 is 1.76 bits per heavy atom. The van der Waals surface area contributed by atoms with Crippen LogP contribution < -0.4 is 0 Å². The molecule has 7 heteroatoms. The molecule has 0 N–H and O–H groups in total. The molecule has 0 radical (unpaired) electrons. The molecule has 1 aromatic rings. The van der Waals surface area contributed by atoms with Crippen molar-refractivity contribution in [1.82, 2.24) is 9.88 Å². The minimum atomic E-state index is -0.375. The van der Waals surface area contributed by atoms with E-state index in [9.17, 15) is 9.59 Å². The van der Waals surface area contributed by atoms with Gasteiger partial charge < -0.3 is 14.4 Å². The Morgan fingerprint density at radius 1 is 1.05 bits per heavy atom. The van der Waals surface area contributed by atoms with Gasteiger partial charge in [-0.3, -0.25) is 9.59 Å². The van der Waals surface area contributed by atoms with Crippen molar-refractivity contribution >= 4 is 23.3 Å². The average molecular weight is 529 g/mol. The number of aryl methyl sites for hydroxylation is 1. The molecular weight excluding hydrogens is 484 g/mol. The van der Waals surface area contributed by atoms with Crippen LogP contribution in [0.3, 0.4) is 0 Å². The number of rotatable bonds is 5. The van der Waals surface area contributed by atoms with Crippen molar-refractivity contribution in [2.24, 2.45) is 0 Å². The first-order valence-corrected chi connectivity index (χ1v) is 14.1. The molecule has 0 saturated heterocycles. The predicted molar refractivity (Wildman–Crippen MR) is 152 cm³/mol. The van der Waals surface area contributed by atoms with Crippen LogP contribution in [-0.4, -0.2) is 54.7 Å². The van der Waals surface area contributed by atoms with Crippen molar-refractivity contribution in [2.45, 2.75) is 91.3 Å². The Labute approximate surface area is 227 Å². The second-order valence-corrected chi connectivity index (χ2v) is 11.2. The first-order chi connectivity index (χ1) is 17.6. The highest BCUT2D eigenvalue weighted by Gasteiger charge is 2.16. The van der Waals surface area contributed by atoms with Gasteiger partial charge in [-0.1, -0.05) is 41.0 Å². The normalized spacial score (nSPS) is 23.6. The van der Waals surface area contributed by atoms with E-state index in [4.69, 9.17) is 14.5 Å². The zero-order valence-electron chi connectivity index (χ0n) is 23.4. The molecule has 37 heavy (non-hydrogen) atoms. The molecule has 0 aromatic carbocycles. The number of carbonyl (C=O) groups is 2. The maximum Gasteiger partial charge on any atom is 0.306 e. The van der Waals surface area contributed by atoms with Crippen molar-refractivity contribution in [3.63, 3.8) is 0 Å². The number of thiazole rings is 1. The van der Waals surface area contributed by atoms with E-state index in [1.165, 1.54) is 5.57 Å². The summed E-state index contributed by atoms with van der Waals surface area (Å²) in [5, 5.41) is 3.01. The molecule has 1 aliphatic rings. The molecule has 0 amide bonds. The van der Waals surface area contributed by atoms with Crippen LogP contribution >= 0.6 is 11.3 Å². The third-order valence-corrected chi connectivity index (χ3v) is 6.86. The second kappa shape index (κ2) is 16.4. The number of cyclic esters (lactones) is 2. The molecule has 2 atom stereocenters. The summed E-state index contributed by atoms with van der Waals surface area (Å²) in [6.07, 6.45) is 14.9. The van der Waals surface area contributed by atoms with Gasteiger partial charge in [-0.05, 0) is 73.5 Å². The molecule has 2 heterocycles. The standard InChI is InChI=1S/C30H44N2O4S/c1-22(16-17-32(5)6)14-15-24(3)19-27-20-28-31-26(21-37-28)11-7-8-12-29(33)35-25(4)18-23(2)10-9-13-30(34)36-27/h10,14-16,19,21,25,27H,7-9,11-13,17-18,20H2,1-6H3/b15-14+,22-16+,23-10+,24-19+. The van der Waals surface area contributed by atoms with Gasteiger partial charge in [0.25, 0.3) is 0 Å². The fourth-order valence-corrected chi connectivity index (χ4v) is 4.84. The number of fused-ring (bicyclic) bond motifs is 2. The lowest BCUT2D eigenvalue weighted by Gasteiger charge is -2.15. The molecule has 1 aliphatic heterocycles. The van der Waals surface area contributed by atoms with E-state index in [-0.39, 0.29) is 24.1 Å². The highest BCUT2D eigenvalue weighted by molar-refractivity contribution is 7.09. The van der Waals surface area contributed by atoms with Crippen molar-refractivity contribution in [2.75, 3.05) is 20.6 Å². The Hall–Kier alpha value is -2.51. The van der Waals surface area contributed by atoms with Crippen molar-refractivity contribution in [3.8, 4) is 0 Å². The monoisotopic (exact) mass is 528 g/mol. The summed E-state index contributed by atoms with van der Waals surface area (Å²) in [5.74, 6) is -0.374. The van der Waals surface area contributed by atoms with Crippen molar-refractivity contribution in [3.05, 3.63) is 63.2 Å². The first-order valence-electron chi connectivity index (χ1n) is 13.3. The van der Waals surface area contributed by atoms with Gasteiger partial charge in [-0.25, -0.2) is 4.98 Å². The maximum atomic E-state index is 12.7. The fraction of sp³-hybridized carbons (Fsp3) is 0.567. The number of aromatic nitrogens is 1. The SMILES string of the molecule is CC(/C=C/C(C)=C/C1Cc2nc(cs2)CCCCC(=O)OC(C)C/C(C)=C/CCC(=O)O1)=C\CN(C)C. The average Bonchev–Trinajstić information content (AvgIpc) is 3.25. The van der Waals surface area contributed by atoms with Crippen LogP contribution in [0.25, 0.3) is 0 Å². The van der Waals surface area contributed by atoms with Crippen LogP contribution in [0.2, 0.25) is 0 Å². The van der Waals surface area contributed by atoms with E-state index in [1.807, 2.05) is 47.0 Å². The number of nitrogens with zero attached hydrogens (tertiary/aromatic N) is 2. The van der Waals surface area contributed by atoms with E-state index in [2.05, 4.69) is 35.4 Å². The smallest absolute Gasteiger partial charge is 0.306 e. The van der Waals surface area contributed by atoms with Crippen LogP contribution in [-0.2, 0) is 31.9 Å². The quantitative estimate of drug-likeness (QED) is 0.251. The Bertz CT molecular complexity index is 1000. The van der Waals surface area contributed by atoms with Crippen LogP contribution in [0.15, 0.2) is 52.5 Å². The number of allylic oxidation sites excluding steroid dienone is 5. The molecule has 204 valence electrons. The third-order valence-electron chi connectivity index (χ3n) is 5.94. The molecule has 6 nitrogen and oxygen atoms in total. The van der Waals surface area contributed by atoms with E-state index < -0.39 is 0 Å². The van der Waals surface area contributed by atoms with Crippen LogP contribution in [0.4, 0.5) is 0 Å². The van der Waals surface area contributed by atoms with E-state index in [1.54, 1.807) is 11.3 Å². The highest BCUT2D eigenvalue weighted by Crippen LogP contribution is 2.19. The molecule has 0 saturated carbocycles. The Balaban J connectivity index is 2.17. The van der Waals surface area contributed by atoms with Gasteiger partial charge in [-0.15, -0.1) is 11.3 Å². The number of hydrogen-bond donors (Lipinski definition) is 0. The molecule has 0 aliphatic carbocycles. The zero-order chi connectivity index (χ0) is 27.2. The van der Waals surface area contributed by atoms with E-state index in [0.29, 0.717) is 32.1 Å². The summed E-state index contributed by atoms with van der Waals surface area (Å²) in [5.41, 5.74) is 4.36. The lowest BCUT2D eigenvalue weighted by Crippen LogP contribution is -2.19. The highest BCUT2D eigenvalue weighted by atomic mass is 32.1. The van der Waals surface area contributed by atoms with Gasteiger partial charge in [0, 0.05) is 37.6 Å². The van der Waals surface area contributed by atoms with Crippen molar-refractivity contribution in [1.29, 1.82) is 0 Å². The summed E-state index contributed by atoms with van der Waals surface area (Å²) < 4.78 is 11.4. The van der Waals surface area contributed by atoms with Crippen LogP contribution in [0.1, 0.15) is 76.9 Å². The molecule has 2 rings (SSSR count). The number of esters is 2. The third kappa shape index (κ3) is 13.6. The van der Waals surface area contributed by atoms with E-state index >= 15 is 0 Å². The van der Waals surface area contributed by atoms with Gasteiger partial charge in [0.2, 0.25) is 0 Å². The lowest BCUT2D eigenvalue weighted by atomic mass is 10.1. The predicted octanol–water partition coefficient (Wildman–Crippen LogP) is 6.38. The Morgan fingerprint density at radius 3 is 2.51 bits per heavy atom. The molecule has 0 spiro atoms. The Kier molecular flexibility index (Phi) is 13.6. The number of ether oxygens (including phenoxy) is 2. The molecule has 2 unspecified atom stereocenters. The van der Waals surface area contributed by atoms with Gasteiger partial charge in [0.15, 0.2) is 0 Å². The summed E-state index contributed by atoms with van der Waals surface area (Å²) in [6.45, 7) is 8.93. The summed E-state index contributed by atoms with van der Waals surface area (Å²) in [6, 6.07) is 0. The molecule has 1 aromatic heterocycles. The molecular formula is C30H44N2O4S. The largest absolute Gasteiger partial charge is 0.462 e. The lowest BCUT2D eigenvalue weighted by molar-refractivity contribution is -0.148. The molecule has 2 bridgehead atoms. The zero-order valence-corrected chi connectivity index (χ0v) is 24.2. The topological polar surface area (TPSA) is 68.7 Å². The minimum Gasteiger partial charge on any atom is -0.462 e. The summed E-state index contributed by atoms with van der Waals surface area (Å²) in [4.78, 5) is 31.7. The fourth-order valence-electron chi connectivity index (χ4n) is 3.97. The first kappa shape index (κ1) is 30.7. The number of likely N-dealkylation sites (N-methyl/N-ethyl adjacent to an activating group) is 1. The van der Waals surface area contributed by atoms with Gasteiger partial charge in [0.1, 0.15) is 12.2 Å². The number of carbonyl (C=O) groups excluding carboxylic acids is 2. The van der Waals surface area contributed by atoms with Crippen molar-refractivity contribution < 1.29 is 19.1 Å². The second-order valence-electron chi connectivity index (χ2n) is 10.2. The molecule has 0 fully saturated rings.